The highest BCUT2D eigenvalue weighted by atomic mass is 16.5. The maximum absolute atomic E-state index is 12.1. The van der Waals surface area contributed by atoms with Gasteiger partial charge in [0.05, 0.1) is 12.8 Å². The third kappa shape index (κ3) is 4.12. The number of nitrogens with zero attached hydrogens (tertiary/aromatic N) is 1. The van der Waals surface area contributed by atoms with Crippen molar-refractivity contribution < 1.29 is 19.5 Å². The third-order valence-corrected chi connectivity index (χ3v) is 6.14. The molecule has 6 heteroatoms. The minimum absolute atomic E-state index is 0.234. The van der Waals surface area contributed by atoms with Gasteiger partial charge in [0, 0.05) is 24.6 Å². The number of hydrogen-bond donors (Lipinski definition) is 2. The second-order valence-electron chi connectivity index (χ2n) is 7.82. The van der Waals surface area contributed by atoms with E-state index in [4.69, 9.17) is 9.94 Å². The van der Waals surface area contributed by atoms with Crippen molar-refractivity contribution in [3.05, 3.63) is 48.1 Å². The van der Waals surface area contributed by atoms with E-state index >= 15 is 0 Å². The fourth-order valence-corrected chi connectivity index (χ4v) is 4.39. The van der Waals surface area contributed by atoms with Crippen LogP contribution in [0, 0.1) is 17.3 Å². The summed E-state index contributed by atoms with van der Waals surface area (Å²) in [5.41, 5.74) is 2.83. The molecule has 0 saturated heterocycles. The molecule has 0 spiro atoms. The number of anilines is 1. The summed E-state index contributed by atoms with van der Waals surface area (Å²) in [4.78, 5) is 25.8. The van der Waals surface area contributed by atoms with Crippen molar-refractivity contribution >= 4 is 17.9 Å². The highest BCUT2D eigenvalue weighted by Crippen LogP contribution is 2.46. The van der Waals surface area contributed by atoms with Crippen LogP contribution in [0.1, 0.15) is 25.7 Å². The molecule has 0 bridgehead atoms. The molecule has 0 radical (unpaired) electrons. The summed E-state index contributed by atoms with van der Waals surface area (Å²) in [6.45, 7) is 0.758. The normalized spacial score (nSPS) is 26.0. The predicted octanol–water partition coefficient (Wildman–Crippen LogP) is 3.12. The maximum Gasteiger partial charge on any atom is 0.274 e. The van der Waals surface area contributed by atoms with Gasteiger partial charge in [-0.2, -0.15) is 0 Å². The van der Waals surface area contributed by atoms with E-state index in [0.717, 1.165) is 50.0 Å². The molecular weight excluding hydrogens is 356 g/mol. The number of allylic oxidation sites excluding steroid dienone is 2. The van der Waals surface area contributed by atoms with Gasteiger partial charge in [-0.05, 0) is 49.7 Å². The summed E-state index contributed by atoms with van der Waals surface area (Å²) in [5.74, 6) is 0.812. The molecule has 1 aromatic rings. The Bertz CT molecular complexity index is 788. The van der Waals surface area contributed by atoms with Crippen molar-refractivity contribution in [2.24, 2.45) is 17.3 Å². The molecule has 6 nitrogen and oxygen atoms in total. The quantitative estimate of drug-likeness (QED) is 0.429. The first kappa shape index (κ1) is 20.1. The lowest BCUT2D eigenvalue weighted by atomic mass is 9.63. The van der Waals surface area contributed by atoms with Crippen molar-refractivity contribution in [3.63, 3.8) is 0 Å². The largest absolute Gasteiger partial charge is 0.495 e. The van der Waals surface area contributed by atoms with E-state index in [1.165, 1.54) is 0 Å². The molecule has 150 valence electrons. The molecule has 1 saturated carbocycles. The molecule has 2 aliphatic carbocycles. The lowest BCUT2D eigenvalue weighted by Crippen LogP contribution is -2.38. The first-order valence-corrected chi connectivity index (χ1v) is 9.67. The number of hydroxylamine groups is 1. The maximum atomic E-state index is 12.1. The number of para-hydroxylation sites is 2. The number of amides is 1. The van der Waals surface area contributed by atoms with Crippen molar-refractivity contribution in [3.8, 4) is 5.75 Å². The van der Waals surface area contributed by atoms with E-state index in [1.54, 1.807) is 18.7 Å². The summed E-state index contributed by atoms with van der Waals surface area (Å²) in [7, 11) is 3.68. The van der Waals surface area contributed by atoms with Crippen LogP contribution < -0.4 is 15.1 Å². The number of fused-ring (bicyclic) bond motifs is 1. The highest BCUT2D eigenvalue weighted by Gasteiger charge is 2.40. The second kappa shape index (κ2) is 8.61. The van der Waals surface area contributed by atoms with Crippen LogP contribution in [0.5, 0.6) is 5.75 Å². The average Bonchev–Trinajstić information content (AvgIpc) is 2.76. The van der Waals surface area contributed by atoms with Crippen molar-refractivity contribution in [1.82, 2.24) is 5.48 Å². The van der Waals surface area contributed by atoms with Gasteiger partial charge in [-0.1, -0.05) is 30.4 Å². The Morgan fingerprint density at radius 1 is 1.39 bits per heavy atom. The molecule has 1 fully saturated rings. The molecule has 1 aromatic carbocycles. The highest BCUT2D eigenvalue weighted by molar-refractivity contribution is 5.95. The van der Waals surface area contributed by atoms with Crippen LogP contribution in [-0.4, -0.2) is 38.1 Å². The zero-order valence-electron chi connectivity index (χ0n) is 16.4. The van der Waals surface area contributed by atoms with Gasteiger partial charge < -0.3 is 14.4 Å². The van der Waals surface area contributed by atoms with Crippen LogP contribution in [0.4, 0.5) is 5.69 Å². The smallest absolute Gasteiger partial charge is 0.274 e. The Hall–Kier alpha value is -2.60. The zero-order chi connectivity index (χ0) is 20.1. The predicted molar refractivity (Wildman–Crippen MR) is 107 cm³/mol. The molecule has 0 aliphatic heterocycles. The number of rotatable bonds is 7. The third-order valence-electron chi connectivity index (χ3n) is 6.14. The molecule has 2 aliphatic rings. The number of carbonyl (C=O) groups excluding carboxylic acids is 2. The fraction of sp³-hybridized carbons (Fsp3) is 0.455. The van der Waals surface area contributed by atoms with Gasteiger partial charge in [0.15, 0.2) is 0 Å². The van der Waals surface area contributed by atoms with Crippen LogP contribution in [-0.2, 0) is 9.59 Å². The molecule has 3 rings (SSSR count). The van der Waals surface area contributed by atoms with Gasteiger partial charge in [-0.15, -0.1) is 0 Å². The van der Waals surface area contributed by atoms with Crippen LogP contribution in [0.3, 0.4) is 0 Å². The lowest BCUT2D eigenvalue weighted by Gasteiger charge is -2.42. The lowest BCUT2D eigenvalue weighted by molar-refractivity contribution is -0.125. The summed E-state index contributed by atoms with van der Waals surface area (Å²) >= 11 is 0. The number of benzene rings is 1. The van der Waals surface area contributed by atoms with Gasteiger partial charge in [0.1, 0.15) is 12.0 Å². The van der Waals surface area contributed by atoms with Crippen molar-refractivity contribution in [2.45, 2.75) is 25.7 Å². The molecule has 2 N–H and O–H groups in total. The monoisotopic (exact) mass is 384 g/mol. The summed E-state index contributed by atoms with van der Waals surface area (Å²) < 4.78 is 5.44. The molecule has 2 unspecified atom stereocenters. The zero-order valence-corrected chi connectivity index (χ0v) is 16.4. The van der Waals surface area contributed by atoms with E-state index in [2.05, 4.69) is 4.90 Å². The SMILES string of the molecule is COc1ccccc1N(C)CC[C@@]1(C=O)CCC2C=C(C(=O)NO)C=CC2C1. The molecule has 28 heavy (non-hydrogen) atoms. The number of carbonyl (C=O) groups is 2. The number of aldehydes is 1. The number of hydrogen-bond acceptors (Lipinski definition) is 5. The van der Waals surface area contributed by atoms with Gasteiger partial charge in [-0.25, -0.2) is 5.48 Å². The topological polar surface area (TPSA) is 78.9 Å². The fourth-order valence-electron chi connectivity index (χ4n) is 4.39. The van der Waals surface area contributed by atoms with E-state index in [9.17, 15) is 9.59 Å². The minimum atomic E-state index is -0.486. The van der Waals surface area contributed by atoms with Crippen LogP contribution in [0.2, 0.25) is 0 Å². The van der Waals surface area contributed by atoms with Crippen molar-refractivity contribution in [2.75, 3.05) is 25.6 Å². The molecule has 0 heterocycles. The molecule has 1 amide bonds. The number of ether oxygens (including phenoxy) is 1. The van der Waals surface area contributed by atoms with Crippen LogP contribution in [0.25, 0.3) is 0 Å². The van der Waals surface area contributed by atoms with Crippen LogP contribution >= 0.6 is 0 Å². The summed E-state index contributed by atoms with van der Waals surface area (Å²) in [6, 6.07) is 7.88. The van der Waals surface area contributed by atoms with Crippen molar-refractivity contribution in [1.29, 1.82) is 0 Å². The standard InChI is InChI=1S/C22H28N2O4/c1-24(19-5-3-4-6-20(19)28-2)12-11-22(15-25)10-9-16-13-17(21(26)23-27)7-8-18(16)14-22/h3-8,13,15-16,18,27H,9-12,14H2,1-2H3,(H,23,26)/t16?,18?,22-/m0/s1. The Morgan fingerprint density at radius 3 is 2.89 bits per heavy atom. The first-order chi connectivity index (χ1) is 13.5. The number of methoxy groups -OCH3 is 1. The van der Waals surface area contributed by atoms with Gasteiger partial charge >= 0.3 is 0 Å². The van der Waals surface area contributed by atoms with E-state index in [1.807, 2.05) is 43.5 Å². The van der Waals surface area contributed by atoms with Gasteiger partial charge in [0.25, 0.3) is 5.91 Å². The average molecular weight is 384 g/mol. The Morgan fingerprint density at radius 2 is 2.18 bits per heavy atom. The van der Waals surface area contributed by atoms with E-state index in [-0.39, 0.29) is 17.3 Å². The minimum Gasteiger partial charge on any atom is -0.495 e. The summed E-state index contributed by atoms with van der Waals surface area (Å²) in [6.07, 6.45) is 10.0. The Balaban J connectivity index is 1.66. The Labute approximate surface area is 165 Å². The molecule has 0 aromatic heterocycles. The number of nitrogens with one attached hydrogen (secondary N) is 1. The molecular formula is C22H28N2O4. The first-order valence-electron chi connectivity index (χ1n) is 9.67. The molecule has 3 atom stereocenters. The second-order valence-corrected chi connectivity index (χ2v) is 7.82. The van der Waals surface area contributed by atoms with Gasteiger partial charge in [0.2, 0.25) is 0 Å². The Kier molecular flexibility index (Phi) is 6.19. The van der Waals surface area contributed by atoms with E-state index < -0.39 is 5.91 Å². The van der Waals surface area contributed by atoms with E-state index in [0.29, 0.717) is 5.57 Å². The van der Waals surface area contributed by atoms with Crippen LogP contribution in [0.15, 0.2) is 48.1 Å². The van der Waals surface area contributed by atoms with Gasteiger partial charge in [-0.3, -0.25) is 10.0 Å². The summed E-state index contributed by atoms with van der Waals surface area (Å²) in [5, 5.41) is 8.82.